The molecule has 0 radical (unpaired) electrons. The Bertz CT molecular complexity index is 985. The molecule has 0 spiro atoms. The lowest BCUT2D eigenvalue weighted by Crippen LogP contribution is -2.54. The molecule has 1 unspecified atom stereocenters. The summed E-state index contributed by atoms with van der Waals surface area (Å²) < 4.78 is 5.49. The Kier molecular flexibility index (Phi) is 6.17. The number of fused-ring (bicyclic) bond motifs is 3. The van der Waals surface area contributed by atoms with Crippen molar-refractivity contribution in [3.8, 4) is 11.1 Å². The minimum absolute atomic E-state index is 0.0816. The number of likely N-dealkylation sites (N-methyl/N-ethyl adjacent to an activating group) is 1. The van der Waals surface area contributed by atoms with E-state index in [4.69, 9.17) is 4.74 Å². The van der Waals surface area contributed by atoms with Gasteiger partial charge < -0.3 is 20.1 Å². The Hall–Kier alpha value is -3.35. The molecule has 32 heavy (non-hydrogen) atoms. The van der Waals surface area contributed by atoms with Crippen LogP contribution in [-0.2, 0) is 14.3 Å². The second kappa shape index (κ2) is 9.02. The third kappa shape index (κ3) is 4.33. The lowest BCUT2D eigenvalue weighted by atomic mass is 9.81. The number of amides is 2. The molecular formula is C25H28N2O5. The topological polar surface area (TPSA) is 95.9 Å². The molecule has 0 aliphatic heterocycles. The smallest absolute Gasteiger partial charge is 0.407 e. The first-order valence-electron chi connectivity index (χ1n) is 10.9. The molecule has 0 bridgehead atoms. The molecule has 7 nitrogen and oxygen atoms in total. The van der Waals surface area contributed by atoms with Crippen molar-refractivity contribution in [1.82, 2.24) is 10.2 Å². The van der Waals surface area contributed by atoms with Crippen molar-refractivity contribution in [2.45, 2.75) is 44.2 Å². The first-order valence-corrected chi connectivity index (χ1v) is 10.9. The number of nitrogens with one attached hydrogen (secondary N) is 1. The van der Waals surface area contributed by atoms with Gasteiger partial charge in [-0.05, 0) is 41.0 Å². The Morgan fingerprint density at radius 2 is 1.62 bits per heavy atom. The van der Waals surface area contributed by atoms with E-state index in [1.165, 1.54) is 0 Å². The van der Waals surface area contributed by atoms with Crippen LogP contribution in [0.5, 0.6) is 0 Å². The number of hydrogen-bond donors (Lipinski definition) is 2. The highest BCUT2D eigenvalue weighted by Gasteiger charge is 2.36. The van der Waals surface area contributed by atoms with E-state index in [-0.39, 0.29) is 18.6 Å². The van der Waals surface area contributed by atoms with Crippen molar-refractivity contribution in [1.29, 1.82) is 0 Å². The average molecular weight is 437 g/mol. The lowest BCUT2D eigenvalue weighted by molar-refractivity contribution is -0.144. The van der Waals surface area contributed by atoms with Gasteiger partial charge in [0.05, 0.1) is 6.42 Å². The maximum atomic E-state index is 12.8. The van der Waals surface area contributed by atoms with Gasteiger partial charge in [0.2, 0.25) is 5.91 Å². The molecule has 0 aromatic heterocycles. The normalized spacial score (nSPS) is 19.8. The number of carboxylic acids is 1. The minimum Gasteiger partial charge on any atom is -0.481 e. The van der Waals surface area contributed by atoms with E-state index in [9.17, 15) is 19.5 Å². The number of carboxylic acid groups (broad SMARTS) is 1. The highest BCUT2D eigenvalue weighted by atomic mass is 16.5. The van der Waals surface area contributed by atoms with E-state index in [1.807, 2.05) is 48.5 Å². The SMILES string of the molecule is CC1CC(N(C)C(=O)C(CC(=O)O)NC(=O)OCC2c3ccccc3-c3ccccc32)C1. The van der Waals surface area contributed by atoms with Gasteiger partial charge in [0.15, 0.2) is 0 Å². The summed E-state index contributed by atoms with van der Waals surface area (Å²) in [5, 5.41) is 11.7. The van der Waals surface area contributed by atoms with Crippen molar-refractivity contribution in [2.24, 2.45) is 5.92 Å². The molecule has 1 saturated carbocycles. The van der Waals surface area contributed by atoms with Crippen LogP contribution in [0.4, 0.5) is 4.79 Å². The number of ether oxygens (including phenoxy) is 1. The van der Waals surface area contributed by atoms with Gasteiger partial charge in [-0.2, -0.15) is 0 Å². The van der Waals surface area contributed by atoms with Gasteiger partial charge in [0.25, 0.3) is 0 Å². The summed E-state index contributed by atoms with van der Waals surface area (Å²) in [6.07, 6.45) is 0.483. The molecule has 2 amide bonds. The Labute approximate surface area is 187 Å². The summed E-state index contributed by atoms with van der Waals surface area (Å²) in [4.78, 5) is 38.2. The van der Waals surface area contributed by atoms with E-state index in [0.717, 1.165) is 35.1 Å². The van der Waals surface area contributed by atoms with Gasteiger partial charge in [-0.25, -0.2) is 4.79 Å². The highest BCUT2D eigenvalue weighted by Crippen LogP contribution is 2.44. The zero-order valence-electron chi connectivity index (χ0n) is 18.3. The van der Waals surface area contributed by atoms with Crippen LogP contribution in [0.15, 0.2) is 48.5 Å². The molecule has 1 atom stereocenters. The second-order valence-electron chi connectivity index (χ2n) is 8.80. The van der Waals surface area contributed by atoms with Crippen LogP contribution in [0.25, 0.3) is 11.1 Å². The van der Waals surface area contributed by atoms with Crippen LogP contribution in [0.3, 0.4) is 0 Å². The van der Waals surface area contributed by atoms with Crippen molar-refractivity contribution in [3.05, 3.63) is 59.7 Å². The summed E-state index contributed by atoms with van der Waals surface area (Å²) in [5.74, 6) is -1.13. The molecule has 2 aliphatic carbocycles. The third-order valence-electron chi connectivity index (χ3n) is 6.56. The maximum absolute atomic E-state index is 12.8. The number of alkyl carbamates (subject to hydrolysis) is 1. The number of nitrogens with zero attached hydrogens (tertiary/aromatic N) is 1. The van der Waals surface area contributed by atoms with Crippen LogP contribution in [0.1, 0.15) is 43.2 Å². The number of aliphatic carboxylic acids is 1. The fourth-order valence-corrected chi connectivity index (χ4v) is 4.76. The van der Waals surface area contributed by atoms with Gasteiger partial charge in [0.1, 0.15) is 12.6 Å². The van der Waals surface area contributed by atoms with Gasteiger partial charge in [-0.3, -0.25) is 9.59 Å². The fourth-order valence-electron chi connectivity index (χ4n) is 4.76. The quantitative estimate of drug-likeness (QED) is 0.691. The summed E-state index contributed by atoms with van der Waals surface area (Å²) in [6, 6.07) is 14.9. The minimum atomic E-state index is -1.16. The Morgan fingerprint density at radius 3 is 2.16 bits per heavy atom. The summed E-state index contributed by atoms with van der Waals surface area (Å²) >= 11 is 0. The number of carbonyl (C=O) groups is 3. The third-order valence-corrected chi connectivity index (χ3v) is 6.56. The van der Waals surface area contributed by atoms with Gasteiger partial charge >= 0.3 is 12.1 Å². The largest absolute Gasteiger partial charge is 0.481 e. The Morgan fingerprint density at radius 1 is 1.06 bits per heavy atom. The second-order valence-corrected chi connectivity index (χ2v) is 8.80. The number of carbonyl (C=O) groups excluding carboxylic acids is 2. The van der Waals surface area contributed by atoms with E-state index < -0.39 is 30.4 Å². The molecule has 1 fully saturated rings. The van der Waals surface area contributed by atoms with E-state index in [2.05, 4.69) is 12.2 Å². The number of rotatable bonds is 7. The zero-order valence-corrected chi connectivity index (χ0v) is 18.3. The predicted octanol–water partition coefficient (Wildman–Crippen LogP) is 3.63. The first kappa shape index (κ1) is 21.9. The fraction of sp³-hybridized carbons (Fsp3) is 0.400. The molecule has 2 aromatic rings. The van der Waals surface area contributed by atoms with Gasteiger partial charge in [0, 0.05) is 19.0 Å². The Balaban J connectivity index is 1.41. The van der Waals surface area contributed by atoms with Gasteiger partial charge in [-0.1, -0.05) is 55.5 Å². The van der Waals surface area contributed by atoms with Gasteiger partial charge in [-0.15, -0.1) is 0 Å². The van der Waals surface area contributed by atoms with Crippen LogP contribution >= 0.6 is 0 Å². The molecule has 2 aliphatic rings. The maximum Gasteiger partial charge on any atom is 0.407 e. The standard InChI is InChI=1S/C25H28N2O5/c1-15-11-16(12-15)27(2)24(30)22(13-23(28)29)26-25(31)32-14-21-19-9-5-3-7-17(19)18-8-4-6-10-20(18)21/h3-10,15-16,21-22H,11-14H2,1-2H3,(H,26,31)(H,28,29). The van der Waals surface area contributed by atoms with Crippen molar-refractivity contribution in [2.75, 3.05) is 13.7 Å². The van der Waals surface area contributed by atoms with Crippen molar-refractivity contribution >= 4 is 18.0 Å². The summed E-state index contributed by atoms with van der Waals surface area (Å²) in [5.41, 5.74) is 4.40. The monoisotopic (exact) mass is 436 g/mol. The highest BCUT2D eigenvalue weighted by molar-refractivity contribution is 5.89. The van der Waals surface area contributed by atoms with Crippen LogP contribution in [-0.4, -0.2) is 53.7 Å². The summed E-state index contributed by atoms with van der Waals surface area (Å²) in [7, 11) is 1.66. The summed E-state index contributed by atoms with van der Waals surface area (Å²) in [6.45, 7) is 2.21. The molecular weight excluding hydrogens is 408 g/mol. The van der Waals surface area contributed by atoms with Crippen LogP contribution in [0.2, 0.25) is 0 Å². The lowest BCUT2D eigenvalue weighted by Gasteiger charge is -2.40. The first-order chi connectivity index (χ1) is 15.3. The molecule has 2 aromatic carbocycles. The van der Waals surface area contributed by atoms with E-state index in [1.54, 1.807) is 11.9 Å². The van der Waals surface area contributed by atoms with E-state index in [0.29, 0.717) is 5.92 Å². The molecule has 0 saturated heterocycles. The van der Waals surface area contributed by atoms with Crippen molar-refractivity contribution < 1.29 is 24.2 Å². The number of hydrogen-bond acceptors (Lipinski definition) is 4. The van der Waals surface area contributed by atoms with Crippen LogP contribution in [0, 0.1) is 5.92 Å². The molecule has 168 valence electrons. The predicted molar refractivity (Wildman–Crippen MR) is 119 cm³/mol. The molecule has 2 N–H and O–H groups in total. The van der Waals surface area contributed by atoms with Crippen LogP contribution < -0.4 is 5.32 Å². The zero-order chi connectivity index (χ0) is 22.8. The van der Waals surface area contributed by atoms with Crippen molar-refractivity contribution in [3.63, 3.8) is 0 Å². The average Bonchev–Trinajstić information content (AvgIpc) is 3.07. The number of benzene rings is 2. The molecule has 4 rings (SSSR count). The molecule has 0 heterocycles. The molecule has 7 heteroatoms. The van der Waals surface area contributed by atoms with E-state index >= 15 is 0 Å².